The molecule has 0 aliphatic heterocycles. The molecule has 0 spiro atoms. The zero-order valence-corrected chi connectivity index (χ0v) is 11.0. The van der Waals surface area contributed by atoms with E-state index in [-0.39, 0.29) is 6.04 Å². The molecular weight excluding hydrogens is 246 g/mol. The molecule has 1 N–H and O–H groups in total. The molecule has 0 aliphatic carbocycles. The molecule has 1 unspecified atom stereocenters. The second-order valence-electron chi connectivity index (χ2n) is 4.12. The Morgan fingerprint density at radius 2 is 2.28 bits per heavy atom. The number of nitrogens with one attached hydrogen (secondary N) is 1. The van der Waals surface area contributed by atoms with Crippen molar-refractivity contribution in [1.29, 1.82) is 0 Å². The summed E-state index contributed by atoms with van der Waals surface area (Å²) in [5.74, 6) is 0.836. The van der Waals surface area contributed by atoms with Crippen LogP contribution in [0.1, 0.15) is 22.9 Å². The van der Waals surface area contributed by atoms with Gasteiger partial charge in [0.15, 0.2) is 5.65 Å². The van der Waals surface area contributed by atoms with Gasteiger partial charge in [-0.1, -0.05) is 0 Å². The smallest absolute Gasteiger partial charge is 0.157 e. The van der Waals surface area contributed by atoms with Crippen LogP contribution >= 0.6 is 11.3 Å². The van der Waals surface area contributed by atoms with Crippen LogP contribution in [0.5, 0.6) is 0 Å². The molecular formula is C12H13N5S. The number of aromatic nitrogens is 4. The summed E-state index contributed by atoms with van der Waals surface area (Å²) in [6.07, 6.45) is 5.52. The van der Waals surface area contributed by atoms with Crippen molar-refractivity contribution < 1.29 is 0 Å². The van der Waals surface area contributed by atoms with Crippen LogP contribution in [0.15, 0.2) is 30.7 Å². The highest BCUT2D eigenvalue weighted by Gasteiger charge is 2.10. The predicted octanol–water partition coefficient (Wildman–Crippen LogP) is 2.67. The first-order valence-corrected chi connectivity index (χ1v) is 6.53. The zero-order valence-electron chi connectivity index (χ0n) is 10.2. The van der Waals surface area contributed by atoms with Gasteiger partial charge in [0.25, 0.3) is 0 Å². The van der Waals surface area contributed by atoms with Gasteiger partial charge in [-0.25, -0.2) is 14.5 Å². The number of thiazole rings is 1. The molecule has 3 aromatic rings. The number of hydrogen-bond acceptors (Lipinski definition) is 5. The van der Waals surface area contributed by atoms with Crippen molar-refractivity contribution in [3.63, 3.8) is 0 Å². The van der Waals surface area contributed by atoms with Crippen molar-refractivity contribution >= 4 is 22.8 Å². The minimum absolute atomic E-state index is 0.154. The van der Waals surface area contributed by atoms with Gasteiger partial charge in [-0.15, -0.1) is 11.3 Å². The average molecular weight is 259 g/mol. The number of fused-ring (bicyclic) bond motifs is 1. The molecule has 5 nitrogen and oxygen atoms in total. The summed E-state index contributed by atoms with van der Waals surface area (Å²) in [5, 5.41) is 8.54. The number of rotatable bonds is 3. The molecule has 0 bridgehead atoms. The first-order chi connectivity index (χ1) is 8.72. The van der Waals surface area contributed by atoms with Crippen molar-refractivity contribution in [3.8, 4) is 0 Å². The third kappa shape index (κ3) is 2.06. The Kier molecular flexibility index (Phi) is 2.71. The van der Waals surface area contributed by atoms with Crippen LogP contribution in [0.4, 0.5) is 5.82 Å². The summed E-state index contributed by atoms with van der Waals surface area (Å²) in [4.78, 5) is 10.1. The van der Waals surface area contributed by atoms with Crippen LogP contribution in [-0.2, 0) is 0 Å². The van der Waals surface area contributed by atoms with Gasteiger partial charge in [0.1, 0.15) is 10.8 Å². The molecule has 0 fully saturated rings. The maximum absolute atomic E-state index is 4.47. The molecule has 0 saturated heterocycles. The van der Waals surface area contributed by atoms with E-state index >= 15 is 0 Å². The van der Waals surface area contributed by atoms with Crippen molar-refractivity contribution in [2.45, 2.75) is 19.9 Å². The standard InChI is InChI=1S/C12H13N5S/c1-8-7-13-12(18-8)9(2)15-10-4-6-17-11(16-10)3-5-14-17/h3-7,9H,1-2H3,(H,15,16). The van der Waals surface area contributed by atoms with E-state index in [0.29, 0.717) is 0 Å². The molecule has 0 amide bonds. The maximum Gasteiger partial charge on any atom is 0.157 e. The van der Waals surface area contributed by atoms with E-state index in [1.807, 2.05) is 24.5 Å². The molecule has 6 heteroatoms. The molecule has 0 radical (unpaired) electrons. The molecule has 3 aromatic heterocycles. The van der Waals surface area contributed by atoms with Crippen molar-refractivity contribution in [2.24, 2.45) is 0 Å². The minimum atomic E-state index is 0.154. The summed E-state index contributed by atoms with van der Waals surface area (Å²) in [7, 11) is 0. The van der Waals surface area contributed by atoms with E-state index in [4.69, 9.17) is 0 Å². The van der Waals surface area contributed by atoms with E-state index in [2.05, 4.69) is 34.2 Å². The summed E-state index contributed by atoms with van der Waals surface area (Å²) < 4.78 is 1.74. The normalized spacial score (nSPS) is 12.8. The molecule has 0 saturated carbocycles. The molecule has 1 atom stereocenters. The topological polar surface area (TPSA) is 55.1 Å². The van der Waals surface area contributed by atoms with E-state index < -0.39 is 0 Å². The lowest BCUT2D eigenvalue weighted by atomic mass is 10.3. The third-order valence-electron chi connectivity index (χ3n) is 2.63. The second kappa shape index (κ2) is 4.38. The van der Waals surface area contributed by atoms with Gasteiger partial charge in [0, 0.05) is 23.3 Å². The number of anilines is 1. The SMILES string of the molecule is Cc1cnc(C(C)Nc2ccn3nccc3n2)s1. The van der Waals surface area contributed by atoms with E-state index in [1.54, 1.807) is 22.0 Å². The fourth-order valence-electron chi connectivity index (χ4n) is 1.75. The van der Waals surface area contributed by atoms with Gasteiger partial charge in [-0.3, -0.25) is 0 Å². The average Bonchev–Trinajstić information content (AvgIpc) is 2.96. The molecule has 18 heavy (non-hydrogen) atoms. The highest BCUT2D eigenvalue weighted by molar-refractivity contribution is 7.11. The lowest BCUT2D eigenvalue weighted by Crippen LogP contribution is -2.08. The Bertz CT molecular complexity index is 672. The van der Waals surface area contributed by atoms with E-state index in [1.165, 1.54) is 4.88 Å². The minimum Gasteiger partial charge on any atom is -0.361 e. The number of hydrogen-bond donors (Lipinski definition) is 1. The molecule has 3 heterocycles. The van der Waals surface area contributed by atoms with Gasteiger partial charge in [-0.2, -0.15) is 5.10 Å². The Morgan fingerprint density at radius 3 is 3.06 bits per heavy atom. The summed E-state index contributed by atoms with van der Waals surface area (Å²) in [6.45, 7) is 4.14. The van der Waals surface area contributed by atoms with Crippen molar-refractivity contribution in [2.75, 3.05) is 5.32 Å². The third-order valence-corrected chi connectivity index (χ3v) is 3.73. The predicted molar refractivity (Wildman–Crippen MR) is 71.9 cm³/mol. The summed E-state index contributed by atoms with van der Waals surface area (Å²) in [5.41, 5.74) is 0.836. The van der Waals surface area contributed by atoms with Crippen LogP contribution in [0.3, 0.4) is 0 Å². The van der Waals surface area contributed by atoms with Crippen LogP contribution in [0.25, 0.3) is 5.65 Å². The fraction of sp³-hybridized carbons (Fsp3) is 0.250. The fourth-order valence-corrected chi connectivity index (χ4v) is 2.53. The number of nitrogens with zero attached hydrogens (tertiary/aromatic N) is 4. The second-order valence-corrected chi connectivity index (χ2v) is 5.39. The van der Waals surface area contributed by atoms with E-state index in [9.17, 15) is 0 Å². The van der Waals surface area contributed by atoms with Gasteiger partial charge in [-0.05, 0) is 19.9 Å². The van der Waals surface area contributed by atoms with Crippen molar-refractivity contribution in [3.05, 3.63) is 40.6 Å². The van der Waals surface area contributed by atoms with Gasteiger partial charge in [0.2, 0.25) is 0 Å². The van der Waals surface area contributed by atoms with Gasteiger partial charge in [0.05, 0.1) is 12.2 Å². The van der Waals surface area contributed by atoms with Gasteiger partial charge < -0.3 is 5.32 Å². The lowest BCUT2D eigenvalue weighted by molar-refractivity contribution is 0.855. The Hall–Kier alpha value is -1.95. The quantitative estimate of drug-likeness (QED) is 0.785. The molecule has 0 aliphatic rings. The Balaban J connectivity index is 1.83. The number of aryl methyl sites for hydroxylation is 1. The summed E-state index contributed by atoms with van der Waals surface area (Å²) in [6, 6.07) is 3.95. The highest BCUT2D eigenvalue weighted by atomic mass is 32.1. The largest absolute Gasteiger partial charge is 0.361 e. The van der Waals surface area contributed by atoms with E-state index in [0.717, 1.165) is 16.5 Å². The monoisotopic (exact) mass is 259 g/mol. The van der Waals surface area contributed by atoms with Crippen molar-refractivity contribution in [1.82, 2.24) is 19.6 Å². The van der Waals surface area contributed by atoms with Crippen LogP contribution in [0, 0.1) is 6.92 Å². The first kappa shape index (κ1) is 11.2. The Labute approximate surface area is 109 Å². The van der Waals surface area contributed by atoms with Crippen LogP contribution in [0.2, 0.25) is 0 Å². The Morgan fingerprint density at radius 1 is 1.39 bits per heavy atom. The van der Waals surface area contributed by atoms with Crippen LogP contribution < -0.4 is 5.32 Å². The van der Waals surface area contributed by atoms with Crippen LogP contribution in [-0.4, -0.2) is 19.6 Å². The molecule has 92 valence electrons. The zero-order chi connectivity index (χ0) is 12.5. The molecule has 0 aromatic carbocycles. The lowest BCUT2D eigenvalue weighted by Gasteiger charge is -2.11. The molecule has 3 rings (SSSR count). The first-order valence-electron chi connectivity index (χ1n) is 5.71. The summed E-state index contributed by atoms with van der Waals surface area (Å²) >= 11 is 1.70. The van der Waals surface area contributed by atoms with Gasteiger partial charge >= 0.3 is 0 Å². The highest BCUT2D eigenvalue weighted by Crippen LogP contribution is 2.22. The maximum atomic E-state index is 4.47.